The van der Waals surface area contributed by atoms with Crippen LogP contribution in [0.1, 0.15) is 35.7 Å². The molecule has 2 aromatic carbocycles. The third-order valence-corrected chi connectivity index (χ3v) is 5.50. The first kappa shape index (κ1) is 20.7. The number of likely N-dealkylation sites (tertiary alicyclic amines) is 1. The lowest BCUT2D eigenvalue weighted by atomic mass is 9.97. The maximum atomic E-state index is 12.7. The van der Waals surface area contributed by atoms with Crippen molar-refractivity contribution in [3.8, 4) is 5.75 Å². The molecule has 1 fully saturated rings. The highest BCUT2D eigenvalue weighted by Crippen LogP contribution is 2.33. The summed E-state index contributed by atoms with van der Waals surface area (Å²) < 4.78 is 11.1. The van der Waals surface area contributed by atoms with E-state index in [0.29, 0.717) is 49.5 Å². The number of urea groups is 1. The van der Waals surface area contributed by atoms with E-state index in [1.165, 1.54) is 0 Å². The molecule has 1 saturated heterocycles. The van der Waals surface area contributed by atoms with E-state index < -0.39 is 5.72 Å². The van der Waals surface area contributed by atoms with Gasteiger partial charge in [0.25, 0.3) is 5.91 Å². The highest BCUT2D eigenvalue weighted by atomic mass is 16.5. The molecule has 162 valence electrons. The summed E-state index contributed by atoms with van der Waals surface area (Å²) in [7, 11) is 0. The number of rotatable bonds is 4. The maximum absolute atomic E-state index is 12.7. The predicted molar refractivity (Wildman–Crippen MR) is 114 cm³/mol. The smallest absolute Gasteiger partial charge is 0.321 e. The zero-order valence-corrected chi connectivity index (χ0v) is 17.3. The van der Waals surface area contributed by atoms with Gasteiger partial charge in [0.15, 0.2) is 5.72 Å². The molecule has 0 atom stereocenters. The number of anilines is 1. The minimum absolute atomic E-state index is 0.150. The van der Waals surface area contributed by atoms with Gasteiger partial charge in [-0.3, -0.25) is 9.59 Å². The number of piperidine rings is 1. The van der Waals surface area contributed by atoms with Gasteiger partial charge in [0.2, 0.25) is 0 Å². The van der Waals surface area contributed by atoms with Gasteiger partial charge in [-0.1, -0.05) is 24.3 Å². The number of benzene rings is 2. The topological polar surface area (TPSA) is 97.0 Å². The van der Waals surface area contributed by atoms with Gasteiger partial charge < -0.3 is 25.0 Å². The molecule has 2 aromatic rings. The van der Waals surface area contributed by atoms with Crippen LogP contribution in [-0.4, -0.2) is 48.2 Å². The summed E-state index contributed by atoms with van der Waals surface area (Å²) >= 11 is 0. The minimum atomic E-state index is -0.781. The molecule has 0 aromatic heterocycles. The number of hydrogen-bond donors (Lipinski definition) is 2. The largest absolute Gasteiger partial charge is 0.467 e. The Morgan fingerprint density at radius 2 is 1.84 bits per heavy atom. The highest BCUT2D eigenvalue weighted by Gasteiger charge is 2.43. The third-order valence-electron chi connectivity index (χ3n) is 5.50. The number of nitrogens with one attached hydrogen (secondary N) is 2. The fourth-order valence-electron chi connectivity index (χ4n) is 3.84. The molecule has 8 nitrogen and oxygen atoms in total. The SMILES string of the molecule is CCOC(=O)Cc1ccc(NC(=O)N2CCC3(CC2)NC(=O)c2ccccc2O3)cc1. The van der Waals surface area contributed by atoms with Crippen LogP contribution in [0.25, 0.3) is 0 Å². The molecule has 8 heteroatoms. The van der Waals surface area contributed by atoms with Gasteiger partial charge >= 0.3 is 12.0 Å². The number of carbonyl (C=O) groups excluding carboxylic acids is 3. The van der Waals surface area contributed by atoms with E-state index in [1.807, 2.05) is 6.07 Å². The van der Waals surface area contributed by atoms with E-state index in [2.05, 4.69) is 10.6 Å². The van der Waals surface area contributed by atoms with Crippen molar-refractivity contribution in [3.63, 3.8) is 0 Å². The van der Waals surface area contributed by atoms with Crippen molar-refractivity contribution < 1.29 is 23.9 Å². The van der Waals surface area contributed by atoms with Crippen molar-refractivity contribution in [1.82, 2.24) is 10.2 Å². The lowest BCUT2D eigenvalue weighted by molar-refractivity contribution is -0.142. The first-order valence-electron chi connectivity index (χ1n) is 10.4. The van der Waals surface area contributed by atoms with Crippen LogP contribution in [0.2, 0.25) is 0 Å². The molecule has 2 aliphatic rings. The van der Waals surface area contributed by atoms with Crippen LogP contribution in [0, 0.1) is 0 Å². The first-order chi connectivity index (χ1) is 15.0. The molecule has 2 heterocycles. The van der Waals surface area contributed by atoms with E-state index in [9.17, 15) is 14.4 Å². The number of para-hydroxylation sites is 1. The van der Waals surface area contributed by atoms with Crippen LogP contribution in [0.3, 0.4) is 0 Å². The molecule has 0 radical (unpaired) electrons. The van der Waals surface area contributed by atoms with Gasteiger partial charge in [0.05, 0.1) is 18.6 Å². The first-order valence-corrected chi connectivity index (χ1v) is 10.4. The minimum Gasteiger partial charge on any atom is -0.467 e. The van der Waals surface area contributed by atoms with Gasteiger partial charge in [0, 0.05) is 31.6 Å². The number of fused-ring (bicyclic) bond motifs is 1. The van der Waals surface area contributed by atoms with Crippen molar-refractivity contribution >= 4 is 23.6 Å². The standard InChI is InChI=1S/C23H25N3O5/c1-2-30-20(27)15-16-7-9-17(10-8-16)24-22(29)26-13-11-23(12-14-26)25-21(28)18-5-3-4-6-19(18)31-23/h3-10H,2,11-15H2,1H3,(H,24,29)(H,25,28). The summed E-state index contributed by atoms with van der Waals surface area (Å²) in [6.07, 6.45) is 1.20. The van der Waals surface area contributed by atoms with Gasteiger partial charge in [-0.25, -0.2) is 4.79 Å². The van der Waals surface area contributed by atoms with Crippen molar-refractivity contribution in [1.29, 1.82) is 0 Å². The van der Waals surface area contributed by atoms with Gasteiger partial charge in [0.1, 0.15) is 5.75 Å². The quantitative estimate of drug-likeness (QED) is 0.737. The zero-order chi connectivity index (χ0) is 21.8. The second-order valence-electron chi connectivity index (χ2n) is 7.64. The Bertz CT molecular complexity index is 981. The lowest BCUT2D eigenvalue weighted by Crippen LogP contribution is -2.61. The van der Waals surface area contributed by atoms with E-state index >= 15 is 0 Å². The summed E-state index contributed by atoms with van der Waals surface area (Å²) in [4.78, 5) is 38.4. The molecular weight excluding hydrogens is 398 g/mol. The molecule has 4 rings (SSSR count). The van der Waals surface area contributed by atoms with Crippen LogP contribution in [-0.2, 0) is 16.0 Å². The molecule has 0 bridgehead atoms. The van der Waals surface area contributed by atoms with Crippen molar-refractivity contribution in [3.05, 3.63) is 59.7 Å². The second kappa shape index (κ2) is 8.67. The average Bonchev–Trinajstić information content (AvgIpc) is 2.76. The summed E-state index contributed by atoms with van der Waals surface area (Å²) in [5, 5.41) is 5.85. The van der Waals surface area contributed by atoms with Crippen LogP contribution < -0.4 is 15.4 Å². The summed E-state index contributed by atoms with van der Waals surface area (Å²) in [6.45, 7) is 3.03. The summed E-state index contributed by atoms with van der Waals surface area (Å²) in [5.74, 6) is 0.149. The van der Waals surface area contributed by atoms with Crippen molar-refractivity contribution in [2.75, 3.05) is 25.0 Å². The normalized spacial score (nSPS) is 16.7. The molecule has 1 spiro atoms. The molecule has 31 heavy (non-hydrogen) atoms. The molecule has 0 aliphatic carbocycles. The van der Waals surface area contributed by atoms with Crippen molar-refractivity contribution in [2.24, 2.45) is 0 Å². The predicted octanol–water partition coefficient (Wildman–Crippen LogP) is 2.94. The molecule has 0 unspecified atom stereocenters. The molecule has 2 N–H and O–H groups in total. The second-order valence-corrected chi connectivity index (χ2v) is 7.64. The van der Waals surface area contributed by atoms with E-state index in [0.717, 1.165) is 5.56 Å². The molecule has 3 amide bonds. The molecule has 0 saturated carbocycles. The van der Waals surface area contributed by atoms with Gasteiger partial charge in [-0.15, -0.1) is 0 Å². The van der Waals surface area contributed by atoms with E-state index in [4.69, 9.17) is 9.47 Å². The van der Waals surface area contributed by atoms with Gasteiger partial charge in [-0.2, -0.15) is 0 Å². The Hall–Kier alpha value is -3.55. The lowest BCUT2D eigenvalue weighted by Gasteiger charge is -2.44. The Balaban J connectivity index is 1.32. The Morgan fingerprint density at radius 3 is 2.55 bits per heavy atom. The number of nitrogens with zero attached hydrogens (tertiary/aromatic N) is 1. The summed E-state index contributed by atoms with van der Waals surface area (Å²) in [6, 6.07) is 14.1. The number of amides is 3. The zero-order valence-electron chi connectivity index (χ0n) is 17.3. The summed E-state index contributed by atoms with van der Waals surface area (Å²) in [5.41, 5.74) is 1.22. The van der Waals surface area contributed by atoms with Crippen LogP contribution in [0.5, 0.6) is 5.75 Å². The van der Waals surface area contributed by atoms with E-state index in [-0.39, 0.29) is 24.3 Å². The van der Waals surface area contributed by atoms with Crippen molar-refractivity contribution in [2.45, 2.75) is 31.9 Å². The average molecular weight is 423 g/mol. The number of ether oxygens (including phenoxy) is 2. The van der Waals surface area contributed by atoms with Crippen LogP contribution in [0.4, 0.5) is 10.5 Å². The Morgan fingerprint density at radius 1 is 1.13 bits per heavy atom. The number of hydrogen-bond acceptors (Lipinski definition) is 5. The molecular formula is C23H25N3O5. The number of carbonyl (C=O) groups is 3. The fraction of sp³-hybridized carbons (Fsp3) is 0.348. The maximum Gasteiger partial charge on any atom is 0.321 e. The third kappa shape index (κ3) is 4.63. The Labute approximate surface area is 180 Å². The monoisotopic (exact) mass is 423 g/mol. The van der Waals surface area contributed by atoms with Gasteiger partial charge in [-0.05, 0) is 36.8 Å². The molecule has 2 aliphatic heterocycles. The highest BCUT2D eigenvalue weighted by molar-refractivity contribution is 5.98. The van der Waals surface area contributed by atoms with Crippen LogP contribution in [0.15, 0.2) is 48.5 Å². The van der Waals surface area contributed by atoms with Crippen LogP contribution >= 0.6 is 0 Å². The number of esters is 1. The van der Waals surface area contributed by atoms with E-state index in [1.54, 1.807) is 54.3 Å². The Kier molecular flexibility index (Phi) is 5.79. The fourth-order valence-corrected chi connectivity index (χ4v) is 3.84.